The molecule has 0 aliphatic heterocycles. The van der Waals surface area contributed by atoms with Crippen LogP contribution in [0.3, 0.4) is 0 Å². The molecule has 7 heteroatoms. The molecule has 3 rings (SSSR count). The van der Waals surface area contributed by atoms with E-state index in [2.05, 4.69) is 16.0 Å². The molecule has 2 aromatic rings. The summed E-state index contributed by atoms with van der Waals surface area (Å²) in [5.74, 6) is 0.0611. The van der Waals surface area contributed by atoms with Crippen molar-refractivity contribution in [3.63, 3.8) is 0 Å². The summed E-state index contributed by atoms with van der Waals surface area (Å²) in [4.78, 5) is 24.1. The van der Waals surface area contributed by atoms with E-state index in [0.29, 0.717) is 12.2 Å². The van der Waals surface area contributed by atoms with Crippen molar-refractivity contribution in [2.24, 2.45) is 0 Å². The zero-order chi connectivity index (χ0) is 17.8. The maximum absolute atomic E-state index is 13.2. The summed E-state index contributed by atoms with van der Waals surface area (Å²) in [6.07, 6.45) is 2.96. The number of aryl methyl sites for hydroxylation is 1. The van der Waals surface area contributed by atoms with E-state index in [9.17, 15) is 14.0 Å². The van der Waals surface area contributed by atoms with E-state index in [1.165, 1.54) is 18.4 Å². The fraction of sp³-hybridized carbons (Fsp3) is 0.333. The number of amides is 3. The predicted molar refractivity (Wildman–Crippen MR) is 89.1 cm³/mol. The molecule has 1 aromatic heterocycles. The maximum atomic E-state index is 13.2. The van der Waals surface area contributed by atoms with Crippen molar-refractivity contribution in [2.75, 3.05) is 0 Å². The Balaban J connectivity index is 1.48. The van der Waals surface area contributed by atoms with Gasteiger partial charge in [-0.1, -0.05) is 6.07 Å². The third-order valence-electron chi connectivity index (χ3n) is 4.25. The molecule has 6 nitrogen and oxygen atoms in total. The third kappa shape index (κ3) is 4.17. The molecule has 132 valence electrons. The Labute approximate surface area is 144 Å². The van der Waals surface area contributed by atoms with Gasteiger partial charge in [-0.15, -0.1) is 0 Å². The first kappa shape index (κ1) is 17.0. The first-order valence-corrected chi connectivity index (χ1v) is 8.18. The normalized spacial score (nSPS) is 16.8. The van der Waals surface area contributed by atoms with Crippen LogP contribution in [0.15, 0.2) is 41.0 Å². The van der Waals surface area contributed by atoms with Crippen molar-refractivity contribution in [2.45, 2.75) is 38.4 Å². The second-order valence-corrected chi connectivity index (χ2v) is 6.07. The van der Waals surface area contributed by atoms with Crippen molar-refractivity contribution in [3.05, 3.63) is 59.3 Å². The number of hydrogen-bond acceptors (Lipinski definition) is 3. The van der Waals surface area contributed by atoms with Crippen LogP contribution >= 0.6 is 0 Å². The second kappa shape index (κ2) is 7.38. The van der Waals surface area contributed by atoms with E-state index in [1.807, 2.05) is 0 Å². The molecule has 2 atom stereocenters. The first-order chi connectivity index (χ1) is 12.0. The highest BCUT2D eigenvalue weighted by atomic mass is 19.1. The van der Waals surface area contributed by atoms with Gasteiger partial charge in [0.25, 0.3) is 0 Å². The molecule has 0 bridgehead atoms. The lowest BCUT2D eigenvalue weighted by Gasteiger charge is -2.18. The van der Waals surface area contributed by atoms with Crippen molar-refractivity contribution < 1.29 is 18.4 Å². The highest BCUT2D eigenvalue weighted by molar-refractivity contribution is 5.86. The lowest BCUT2D eigenvalue weighted by molar-refractivity contribution is -0.122. The van der Waals surface area contributed by atoms with Crippen LogP contribution in [0.25, 0.3) is 0 Å². The van der Waals surface area contributed by atoms with E-state index in [1.54, 1.807) is 25.1 Å². The zero-order valence-electron chi connectivity index (χ0n) is 13.8. The van der Waals surface area contributed by atoms with Crippen LogP contribution in [0, 0.1) is 5.82 Å². The second-order valence-electron chi connectivity index (χ2n) is 6.07. The highest BCUT2D eigenvalue weighted by Gasteiger charge is 2.25. The number of rotatable bonds is 5. The van der Waals surface area contributed by atoms with Gasteiger partial charge in [-0.3, -0.25) is 4.79 Å². The molecule has 3 N–H and O–H groups in total. The Bertz CT molecular complexity index is 761. The van der Waals surface area contributed by atoms with Gasteiger partial charge in [0, 0.05) is 0 Å². The van der Waals surface area contributed by atoms with E-state index in [4.69, 9.17) is 4.42 Å². The van der Waals surface area contributed by atoms with Gasteiger partial charge < -0.3 is 20.4 Å². The van der Waals surface area contributed by atoms with E-state index < -0.39 is 12.1 Å². The molecule has 0 spiro atoms. The quantitative estimate of drug-likeness (QED) is 0.778. The molecule has 25 heavy (non-hydrogen) atoms. The van der Waals surface area contributed by atoms with Crippen molar-refractivity contribution >= 4 is 11.9 Å². The summed E-state index contributed by atoms with van der Waals surface area (Å²) < 4.78 is 18.4. The van der Waals surface area contributed by atoms with Crippen molar-refractivity contribution in [1.82, 2.24) is 16.0 Å². The van der Waals surface area contributed by atoms with Crippen molar-refractivity contribution in [3.8, 4) is 0 Å². The Hall–Kier alpha value is -2.83. The van der Waals surface area contributed by atoms with Crippen molar-refractivity contribution in [1.29, 1.82) is 0 Å². The standard InChI is InChI=1S/C18H20FN3O3/c1-11(17(23)20-10-14-3-2-8-25-14)21-18(24)22-16-7-4-12-9-13(19)5-6-15(12)16/h2-3,5-6,8-9,11,16H,4,7,10H2,1H3,(H,20,23)(H2,21,22,24)/t11-,16-/m0/s1. The minimum atomic E-state index is -0.691. The first-order valence-electron chi connectivity index (χ1n) is 8.18. The number of carbonyl (C=O) groups excluding carboxylic acids is 2. The molecule has 1 aliphatic rings. The van der Waals surface area contributed by atoms with Gasteiger partial charge in [0.1, 0.15) is 17.6 Å². The number of urea groups is 1. The molecular formula is C18H20FN3O3. The Kier molecular flexibility index (Phi) is 5.02. The van der Waals surface area contributed by atoms with Gasteiger partial charge in [0.05, 0.1) is 18.8 Å². The zero-order valence-corrected chi connectivity index (χ0v) is 13.8. The molecule has 0 fully saturated rings. The fourth-order valence-electron chi connectivity index (χ4n) is 2.94. The predicted octanol–water partition coefficient (Wildman–Crippen LogP) is 2.41. The molecule has 1 aromatic carbocycles. The third-order valence-corrected chi connectivity index (χ3v) is 4.25. The number of furan rings is 1. The van der Waals surface area contributed by atoms with Crippen LogP contribution < -0.4 is 16.0 Å². The number of fused-ring (bicyclic) bond motifs is 1. The molecule has 0 unspecified atom stereocenters. The van der Waals surface area contributed by atoms with Gasteiger partial charge in [0.2, 0.25) is 5.91 Å². The largest absolute Gasteiger partial charge is 0.467 e. The SMILES string of the molecule is C[C@H](NC(=O)N[C@H]1CCc2cc(F)ccc21)C(=O)NCc1ccco1. The molecule has 1 aliphatic carbocycles. The molecule has 0 radical (unpaired) electrons. The molecule has 1 heterocycles. The lowest BCUT2D eigenvalue weighted by Crippen LogP contribution is -2.48. The summed E-state index contributed by atoms with van der Waals surface area (Å²) in [6, 6.07) is 6.79. The summed E-state index contributed by atoms with van der Waals surface area (Å²) in [7, 11) is 0. The molecular weight excluding hydrogens is 325 g/mol. The smallest absolute Gasteiger partial charge is 0.315 e. The number of carbonyl (C=O) groups is 2. The summed E-state index contributed by atoms with van der Waals surface area (Å²) in [5, 5.41) is 8.14. The number of benzene rings is 1. The minimum absolute atomic E-state index is 0.172. The van der Waals surface area contributed by atoms with Gasteiger partial charge >= 0.3 is 6.03 Å². The summed E-state index contributed by atoms with van der Waals surface area (Å²) >= 11 is 0. The summed E-state index contributed by atoms with van der Waals surface area (Å²) in [5.41, 5.74) is 1.83. The van der Waals surface area contributed by atoms with Gasteiger partial charge in [-0.25, -0.2) is 9.18 Å². The average Bonchev–Trinajstić information content (AvgIpc) is 3.22. The van der Waals surface area contributed by atoms with Crippen LogP contribution in [0.2, 0.25) is 0 Å². The van der Waals surface area contributed by atoms with E-state index in [-0.39, 0.29) is 24.3 Å². The molecule has 0 saturated carbocycles. The minimum Gasteiger partial charge on any atom is -0.467 e. The van der Waals surface area contributed by atoms with Gasteiger partial charge in [-0.2, -0.15) is 0 Å². The molecule has 0 saturated heterocycles. The highest BCUT2D eigenvalue weighted by Crippen LogP contribution is 2.31. The van der Waals surface area contributed by atoms with E-state index in [0.717, 1.165) is 17.5 Å². The Morgan fingerprint density at radius 3 is 2.96 bits per heavy atom. The van der Waals surface area contributed by atoms with Crippen LogP contribution in [0.1, 0.15) is 36.3 Å². The number of hydrogen-bond donors (Lipinski definition) is 3. The van der Waals surface area contributed by atoms with Crippen LogP contribution in [-0.4, -0.2) is 18.0 Å². The van der Waals surface area contributed by atoms with E-state index >= 15 is 0 Å². The average molecular weight is 345 g/mol. The van der Waals surface area contributed by atoms with Crippen LogP contribution in [0.5, 0.6) is 0 Å². The fourth-order valence-corrected chi connectivity index (χ4v) is 2.94. The Morgan fingerprint density at radius 1 is 1.36 bits per heavy atom. The topological polar surface area (TPSA) is 83.4 Å². The van der Waals surface area contributed by atoms with Crippen LogP contribution in [-0.2, 0) is 17.8 Å². The number of nitrogens with one attached hydrogen (secondary N) is 3. The maximum Gasteiger partial charge on any atom is 0.315 e. The summed E-state index contributed by atoms with van der Waals surface area (Å²) in [6.45, 7) is 1.87. The lowest BCUT2D eigenvalue weighted by atomic mass is 10.1. The van der Waals surface area contributed by atoms with Gasteiger partial charge in [0.15, 0.2) is 0 Å². The van der Waals surface area contributed by atoms with Crippen LogP contribution in [0.4, 0.5) is 9.18 Å². The van der Waals surface area contributed by atoms with Gasteiger partial charge in [-0.05, 0) is 55.2 Å². The molecule has 3 amide bonds. The Morgan fingerprint density at radius 2 is 2.20 bits per heavy atom. The number of halogens is 1. The monoisotopic (exact) mass is 345 g/mol.